The van der Waals surface area contributed by atoms with E-state index in [1.807, 2.05) is 6.92 Å². The first-order chi connectivity index (χ1) is 20.7. The lowest BCUT2D eigenvalue weighted by atomic mass is 9.98. The van der Waals surface area contributed by atoms with Gasteiger partial charge in [0.15, 0.2) is 0 Å². The summed E-state index contributed by atoms with van der Waals surface area (Å²) in [6, 6.07) is 24.5. The van der Waals surface area contributed by atoms with Crippen molar-refractivity contribution in [3.05, 3.63) is 118 Å². The van der Waals surface area contributed by atoms with Gasteiger partial charge >= 0.3 is 5.97 Å². The maximum Gasteiger partial charge on any atom is 0.337 e. The minimum atomic E-state index is -4.22. The number of fused-ring (bicyclic) bond motifs is 1. The summed E-state index contributed by atoms with van der Waals surface area (Å²) in [5, 5.41) is 12.0. The molecule has 7 nitrogen and oxygen atoms in total. The summed E-state index contributed by atoms with van der Waals surface area (Å²) in [5.74, 6) is -1.01. The Morgan fingerprint density at radius 3 is 2.42 bits per heavy atom. The van der Waals surface area contributed by atoms with Crippen molar-refractivity contribution in [1.29, 1.82) is 5.26 Å². The number of halogens is 1. The van der Waals surface area contributed by atoms with Crippen molar-refractivity contribution in [2.75, 3.05) is 7.11 Å². The van der Waals surface area contributed by atoms with Crippen molar-refractivity contribution in [2.24, 2.45) is 0 Å². The number of rotatable bonds is 6. The van der Waals surface area contributed by atoms with Crippen LogP contribution in [0.1, 0.15) is 20.8 Å². The van der Waals surface area contributed by atoms with Crippen molar-refractivity contribution in [3.63, 3.8) is 0 Å². The van der Waals surface area contributed by atoms with Crippen LogP contribution in [-0.2, 0) is 14.8 Å². The van der Waals surface area contributed by atoms with Crippen molar-refractivity contribution >= 4 is 38.2 Å². The molecule has 0 radical (unpaired) electrons. The molecule has 212 valence electrons. The zero-order chi connectivity index (χ0) is 30.3. The number of pyridine rings is 1. The quantitative estimate of drug-likeness (QED) is 0.182. The van der Waals surface area contributed by atoms with Crippen LogP contribution < -0.4 is 0 Å². The molecule has 0 aliphatic carbocycles. The SMILES string of the molecule is COC(=O)c1ccc(-c2cc(-c3c(-c4ccsc4C#N)c4cc(F)ccc4n3S(=O)(=O)c3ccc(C)cc3)ccn2)cc1. The van der Waals surface area contributed by atoms with Gasteiger partial charge in [-0.3, -0.25) is 4.98 Å². The van der Waals surface area contributed by atoms with E-state index in [1.165, 1.54) is 52.8 Å². The molecule has 3 aromatic carbocycles. The van der Waals surface area contributed by atoms with Gasteiger partial charge < -0.3 is 4.74 Å². The van der Waals surface area contributed by atoms with E-state index >= 15 is 0 Å². The lowest BCUT2D eigenvalue weighted by molar-refractivity contribution is 0.0600. The maximum absolute atomic E-state index is 14.8. The van der Waals surface area contributed by atoms with Crippen LogP contribution in [0.4, 0.5) is 4.39 Å². The number of carbonyl (C=O) groups is 1. The molecule has 0 N–H and O–H groups in total. The van der Waals surface area contributed by atoms with Gasteiger partial charge in [-0.1, -0.05) is 29.8 Å². The summed E-state index contributed by atoms with van der Waals surface area (Å²) in [6.07, 6.45) is 1.56. The highest BCUT2D eigenvalue weighted by Crippen LogP contribution is 2.45. The average molecular weight is 608 g/mol. The van der Waals surface area contributed by atoms with Crippen LogP contribution >= 0.6 is 11.3 Å². The van der Waals surface area contributed by atoms with Crippen LogP contribution in [0, 0.1) is 24.1 Å². The molecule has 10 heteroatoms. The number of esters is 1. The van der Waals surface area contributed by atoms with E-state index in [-0.39, 0.29) is 16.1 Å². The highest BCUT2D eigenvalue weighted by Gasteiger charge is 2.30. The van der Waals surface area contributed by atoms with E-state index < -0.39 is 21.8 Å². The largest absolute Gasteiger partial charge is 0.465 e. The van der Waals surface area contributed by atoms with Crippen LogP contribution in [0.15, 0.2) is 101 Å². The minimum absolute atomic E-state index is 0.0608. The molecule has 0 atom stereocenters. The molecule has 0 unspecified atom stereocenters. The monoisotopic (exact) mass is 607 g/mol. The van der Waals surface area contributed by atoms with E-state index in [2.05, 4.69) is 11.1 Å². The van der Waals surface area contributed by atoms with Gasteiger partial charge in [0.2, 0.25) is 0 Å². The van der Waals surface area contributed by atoms with E-state index in [1.54, 1.807) is 66.2 Å². The van der Waals surface area contributed by atoms with Crippen LogP contribution in [-0.4, -0.2) is 30.5 Å². The summed E-state index contributed by atoms with van der Waals surface area (Å²) in [7, 11) is -2.91. The van der Waals surface area contributed by atoms with Crippen molar-refractivity contribution in [1.82, 2.24) is 8.96 Å². The van der Waals surface area contributed by atoms with Crippen LogP contribution in [0.2, 0.25) is 0 Å². The summed E-state index contributed by atoms with van der Waals surface area (Å²) in [6.45, 7) is 1.87. The molecule has 6 rings (SSSR count). The van der Waals surface area contributed by atoms with Gasteiger partial charge in [-0.05, 0) is 73.0 Å². The highest BCUT2D eigenvalue weighted by molar-refractivity contribution is 7.90. The van der Waals surface area contributed by atoms with E-state index in [0.29, 0.717) is 43.8 Å². The Kier molecular flexibility index (Phi) is 7.13. The summed E-state index contributed by atoms with van der Waals surface area (Å²) in [4.78, 5) is 16.9. The van der Waals surface area contributed by atoms with Crippen molar-refractivity contribution < 1.29 is 22.3 Å². The van der Waals surface area contributed by atoms with E-state index in [0.717, 1.165) is 5.56 Å². The lowest BCUT2D eigenvalue weighted by Gasteiger charge is -2.15. The summed E-state index contributed by atoms with van der Waals surface area (Å²) >= 11 is 1.22. The zero-order valence-corrected chi connectivity index (χ0v) is 24.5. The first-order valence-electron chi connectivity index (χ1n) is 13.0. The van der Waals surface area contributed by atoms with Gasteiger partial charge in [-0.2, -0.15) is 5.26 Å². The standard InChI is InChI=1S/C33H22FN3O4S2/c1-20-3-10-25(11-4-20)43(39,40)37-29-12-9-24(34)18-27(29)31(26-14-16-42-30(26)19-35)32(37)23-13-15-36-28(17-23)21-5-7-22(8-6-21)33(38)41-2/h3-18H,1-2H3. The molecule has 0 aliphatic rings. The molecule has 43 heavy (non-hydrogen) atoms. The number of methoxy groups -OCH3 is 1. The predicted octanol–water partition coefficient (Wildman–Crippen LogP) is 7.44. The molecule has 0 spiro atoms. The van der Waals surface area contributed by atoms with Crippen molar-refractivity contribution in [2.45, 2.75) is 11.8 Å². The number of nitriles is 1. The van der Waals surface area contributed by atoms with Gasteiger partial charge in [-0.15, -0.1) is 11.3 Å². The molecule has 0 saturated carbocycles. The third kappa shape index (κ3) is 4.88. The second-order valence-corrected chi connectivity index (χ2v) is 12.4. The number of benzene rings is 3. The molecule has 0 saturated heterocycles. The Labute approximate surface area is 251 Å². The number of hydrogen-bond donors (Lipinski definition) is 0. The topological polar surface area (TPSA) is 102 Å². The minimum Gasteiger partial charge on any atom is -0.465 e. The van der Waals surface area contributed by atoms with Gasteiger partial charge in [0.1, 0.15) is 16.8 Å². The van der Waals surface area contributed by atoms with Gasteiger partial charge in [0, 0.05) is 33.8 Å². The second kappa shape index (κ2) is 10.9. The molecule has 0 fully saturated rings. The fraction of sp³-hybridized carbons (Fsp3) is 0.0606. The number of thiophene rings is 1. The average Bonchev–Trinajstić information content (AvgIpc) is 3.63. The second-order valence-electron chi connectivity index (χ2n) is 9.74. The van der Waals surface area contributed by atoms with Gasteiger partial charge in [0.05, 0.1) is 34.5 Å². The van der Waals surface area contributed by atoms with Crippen LogP contribution in [0.25, 0.3) is 44.5 Å². The molecule has 0 bridgehead atoms. The van der Waals surface area contributed by atoms with Gasteiger partial charge in [-0.25, -0.2) is 21.6 Å². The fourth-order valence-corrected chi connectivity index (χ4v) is 7.29. The normalized spacial score (nSPS) is 11.4. The Balaban J connectivity index is 1.68. The number of ether oxygens (including phenoxy) is 1. The first-order valence-corrected chi connectivity index (χ1v) is 15.3. The zero-order valence-electron chi connectivity index (χ0n) is 22.9. The third-order valence-electron chi connectivity index (χ3n) is 7.12. The van der Waals surface area contributed by atoms with Crippen molar-refractivity contribution in [3.8, 4) is 39.7 Å². The summed E-state index contributed by atoms with van der Waals surface area (Å²) < 4.78 is 49.6. The Morgan fingerprint density at radius 2 is 1.72 bits per heavy atom. The molecule has 3 heterocycles. The molecular formula is C33H22FN3O4S2. The van der Waals surface area contributed by atoms with Gasteiger partial charge in [0.25, 0.3) is 10.0 Å². The number of aromatic nitrogens is 2. The molecule has 6 aromatic rings. The van der Waals surface area contributed by atoms with E-state index in [9.17, 15) is 22.9 Å². The number of aryl methyl sites for hydroxylation is 1. The number of hydrogen-bond acceptors (Lipinski definition) is 7. The fourth-order valence-electron chi connectivity index (χ4n) is 5.06. The third-order valence-corrected chi connectivity index (χ3v) is 9.66. The van der Waals surface area contributed by atoms with Crippen LogP contribution in [0.5, 0.6) is 0 Å². The Hall–Kier alpha value is -5.11. The molecule has 3 aromatic heterocycles. The summed E-state index contributed by atoms with van der Waals surface area (Å²) in [5.41, 5.74) is 4.40. The Bertz CT molecular complexity index is 2180. The Morgan fingerprint density at radius 1 is 0.977 bits per heavy atom. The smallest absolute Gasteiger partial charge is 0.337 e. The predicted molar refractivity (Wildman–Crippen MR) is 164 cm³/mol. The maximum atomic E-state index is 14.8. The van der Waals surface area contributed by atoms with E-state index in [4.69, 9.17) is 4.74 Å². The molecular weight excluding hydrogens is 586 g/mol. The first kappa shape index (κ1) is 28.0. The highest BCUT2D eigenvalue weighted by atomic mass is 32.2. The number of nitrogens with zero attached hydrogens (tertiary/aromatic N) is 3. The molecule has 0 aliphatic heterocycles. The molecule has 0 amide bonds. The lowest BCUT2D eigenvalue weighted by Crippen LogP contribution is -2.14. The number of carbonyl (C=O) groups excluding carboxylic acids is 1. The van der Waals surface area contributed by atoms with Crippen LogP contribution in [0.3, 0.4) is 0 Å².